The van der Waals surface area contributed by atoms with Crippen LogP contribution in [0.3, 0.4) is 0 Å². The van der Waals surface area contributed by atoms with Crippen molar-refractivity contribution in [2.24, 2.45) is 0 Å². The second-order valence-corrected chi connectivity index (χ2v) is 5.31. The normalized spacial score (nSPS) is 10.2. The van der Waals surface area contributed by atoms with Crippen molar-refractivity contribution in [1.29, 1.82) is 0 Å². The largest absolute Gasteiger partial charge is 0.321 e. The van der Waals surface area contributed by atoms with Gasteiger partial charge in [-0.2, -0.15) is 0 Å². The fraction of sp³-hybridized carbons (Fsp3) is 0. The third kappa shape index (κ3) is 3.18. The van der Waals surface area contributed by atoms with Gasteiger partial charge in [-0.25, -0.2) is 0 Å². The Morgan fingerprint density at radius 2 is 1.55 bits per heavy atom. The summed E-state index contributed by atoms with van der Waals surface area (Å²) in [4.78, 5) is 12.4. The van der Waals surface area contributed by atoms with Gasteiger partial charge < -0.3 is 5.32 Å². The number of carbonyl (C=O) groups excluding carboxylic acids is 1. The van der Waals surface area contributed by atoms with E-state index in [2.05, 4.69) is 5.32 Å². The minimum absolute atomic E-state index is 0.175. The number of benzene rings is 3. The first kappa shape index (κ1) is 14.4. The SMILES string of the molecule is O=C(Nc1ccccc1-c1ccccc1)c1cccc(Cl)c1. The lowest BCUT2D eigenvalue weighted by molar-refractivity contribution is 0.102. The summed E-state index contributed by atoms with van der Waals surface area (Å²) in [7, 11) is 0. The topological polar surface area (TPSA) is 29.1 Å². The van der Waals surface area contributed by atoms with Gasteiger partial charge in [0, 0.05) is 21.8 Å². The summed E-state index contributed by atoms with van der Waals surface area (Å²) < 4.78 is 0. The average molecular weight is 308 g/mol. The molecule has 0 aliphatic rings. The summed E-state index contributed by atoms with van der Waals surface area (Å²) in [6.07, 6.45) is 0. The molecule has 0 aliphatic heterocycles. The third-order valence-electron chi connectivity index (χ3n) is 3.35. The van der Waals surface area contributed by atoms with Crippen molar-refractivity contribution in [3.05, 3.63) is 89.4 Å². The number of amides is 1. The molecule has 2 nitrogen and oxygen atoms in total. The number of rotatable bonds is 3. The van der Waals surface area contributed by atoms with Crippen LogP contribution >= 0.6 is 11.6 Å². The number of para-hydroxylation sites is 1. The average Bonchev–Trinajstić information content (AvgIpc) is 2.56. The molecule has 3 rings (SSSR count). The van der Waals surface area contributed by atoms with Crippen molar-refractivity contribution in [1.82, 2.24) is 0 Å². The molecule has 0 spiro atoms. The van der Waals surface area contributed by atoms with Crippen molar-refractivity contribution in [2.75, 3.05) is 5.32 Å². The zero-order chi connectivity index (χ0) is 15.4. The number of carbonyl (C=O) groups is 1. The Bertz CT molecular complexity index is 799. The Kier molecular flexibility index (Phi) is 4.22. The quantitative estimate of drug-likeness (QED) is 0.702. The monoisotopic (exact) mass is 307 g/mol. The van der Waals surface area contributed by atoms with Gasteiger partial charge in [0.2, 0.25) is 0 Å². The summed E-state index contributed by atoms with van der Waals surface area (Å²) in [5.74, 6) is -0.175. The molecule has 3 aromatic rings. The standard InChI is InChI=1S/C19H14ClNO/c20-16-10-6-9-15(13-16)19(22)21-18-12-5-4-11-17(18)14-7-2-1-3-8-14/h1-13H,(H,21,22). The molecular weight excluding hydrogens is 294 g/mol. The molecule has 0 aromatic heterocycles. The van der Waals surface area contributed by atoms with Gasteiger partial charge in [0.05, 0.1) is 0 Å². The molecular formula is C19H14ClNO. The van der Waals surface area contributed by atoms with Gasteiger partial charge in [-0.1, -0.05) is 66.2 Å². The van der Waals surface area contributed by atoms with E-state index in [9.17, 15) is 4.79 Å². The van der Waals surface area contributed by atoms with Gasteiger partial charge in [-0.3, -0.25) is 4.79 Å². The second kappa shape index (κ2) is 6.46. The molecule has 0 bridgehead atoms. The van der Waals surface area contributed by atoms with Crippen LogP contribution in [0, 0.1) is 0 Å². The van der Waals surface area contributed by atoms with Crippen molar-refractivity contribution in [3.63, 3.8) is 0 Å². The second-order valence-electron chi connectivity index (χ2n) is 4.88. The maximum atomic E-state index is 12.4. The minimum atomic E-state index is -0.175. The lowest BCUT2D eigenvalue weighted by Gasteiger charge is -2.11. The van der Waals surface area contributed by atoms with Crippen molar-refractivity contribution < 1.29 is 4.79 Å². The molecule has 22 heavy (non-hydrogen) atoms. The molecule has 3 aromatic carbocycles. The highest BCUT2D eigenvalue weighted by Gasteiger charge is 2.10. The van der Waals surface area contributed by atoms with Crippen LogP contribution in [0.25, 0.3) is 11.1 Å². The van der Waals surface area contributed by atoms with E-state index in [4.69, 9.17) is 11.6 Å². The molecule has 0 aliphatic carbocycles. The maximum Gasteiger partial charge on any atom is 0.255 e. The third-order valence-corrected chi connectivity index (χ3v) is 3.58. The summed E-state index contributed by atoms with van der Waals surface area (Å²) in [5, 5.41) is 3.50. The van der Waals surface area contributed by atoms with Crippen LogP contribution in [0.15, 0.2) is 78.9 Å². The number of halogens is 1. The Morgan fingerprint density at radius 1 is 0.818 bits per heavy atom. The van der Waals surface area contributed by atoms with Crippen LogP contribution in [-0.2, 0) is 0 Å². The van der Waals surface area contributed by atoms with E-state index in [1.54, 1.807) is 24.3 Å². The Balaban J connectivity index is 1.92. The summed E-state index contributed by atoms with van der Waals surface area (Å²) >= 11 is 5.94. The highest BCUT2D eigenvalue weighted by molar-refractivity contribution is 6.31. The fourth-order valence-corrected chi connectivity index (χ4v) is 2.48. The minimum Gasteiger partial charge on any atom is -0.321 e. The number of hydrogen-bond donors (Lipinski definition) is 1. The van der Waals surface area contributed by atoms with Gasteiger partial charge in [0.15, 0.2) is 0 Å². The van der Waals surface area contributed by atoms with Crippen molar-refractivity contribution >= 4 is 23.2 Å². The number of anilines is 1. The van der Waals surface area contributed by atoms with Crippen LogP contribution in [0.4, 0.5) is 5.69 Å². The zero-order valence-electron chi connectivity index (χ0n) is 11.8. The van der Waals surface area contributed by atoms with E-state index in [1.807, 2.05) is 54.6 Å². The van der Waals surface area contributed by atoms with Gasteiger partial charge in [-0.15, -0.1) is 0 Å². The molecule has 3 heteroatoms. The van der Waals surface area contributed by atoms with Crippen LogP contribution in [0.5, 0.6) is 0 Å². The number of hydrogen-bond acceptors (Lipinski definition) is 1. The molecule has 0 saturated carbocycles. The first-order valence-corrected chi connectivity index (χ1v) is 7.33. The van der Waals surface area contributed by atoms with E-state index in [0.29, 0.717) is 10.6 Å². The molecule has 1 amide bonds. The molecule has 0 radical (unpaired) electrons. The first-order valence-electron chi connectivity index (χ1n) is 6.95. The van der Waals surface area contributed by atoms with Gasteiger partial charge in [0.25, 0.3) is 5.91 Å². The highest BCUT2D eigenvalue weighted by Crippen LogP contribution is 2.28. The predicted molar refractivity (Wildman–Crippen MR) is 91.3 cm³/mol. The fourth-order valence-electron chi connectivity index (χ4n) is 2.29. The Hall–Kier alpha value is -2.58. The van der Waals surface area contributed by atoms with E-state index in [1.165, 1.54) is 0 Å². The van der Waals surface area contributed by atoms with Crippen LogP contribution in [0.2, 0.25) is 5.02 Å². The molecule has 0 fully saturated rings. The summed E-state index contributed by atoms with van der Waals surface area (Å²) in [5.41, 5.74) is 3.36. The molecule has 0 unspecified atom stereocenters. The molecule has 0 atom stereocenters. The van der Waals surface area contributed by atoms with Crippen molar-refractivity contribution in [3.8, 4) is 11.1 Å². The molecule has 1 N–H and O–H groups in total. The molecule has 0 heterocycles. The van der Waals surface area contributed by atoms with Crippen molar-refractivity contribution in [2.45, 2.75) is 0 Å². The summed E-state index contributed by atoms with van der Waals surface area (Å²) in [6.45, 7) is 0. The summed E-state index contributed by atoms with van der Waals surface area (Å²) in [6, 6.07) is 24.6. The molecule has 0 saturated heterocycles. The van der Waals surface area contributed by atoms with E-state index >= 15 is 0 Å². The van der Waals surface area contributed by atoms with Gasteiger partial charge >= 0.3 is 0 Å². The van der Waals surface area contributed by atoms with Crippen LogP contribution in [-0.4, -0.2) is 5.91 Å². The van der Waals surface area contributed by atoms with Crippen LogP contribution < -0.4 is 5.32 Å². The smallest absolute Gasteiger partial charge is 0.255 e. The van der Waals surface area contributed by atoms with E-state index in [-0.39, 0.29) is 5.91 Å². The first-order chi connectivity index (χ1) is 10.7. The van der Waals surface area contributed by atoms with E-state index < -0.39 is 0 Å². The van der Waals surface area contributed by atoms with Gasteiger partial charge in [0.1, 0.15) is 0 Å². The predicted octanol–water partition coefficient (Wildman–Crippen LogP) is 5.26. The zero-order valence-corrected chi connectivity index (χ0v) is 12.5. The molecule has 108 valence electrons. The van der Waals surface area contributed by atoms with E-state index in [0.717, 1.165) is 16.8 Å². The lowest BCUT2D eigenvalue weighted by Crippen LogP contribution is -2.12. The Labute approximate surface area is 134 Å². The highest BCUT2D eigenvalue weighted by atomic mass is 35.5. The number of nitrogens with one attached hydrogen (secondary N) is 1. The maximum absolute atomic E-state index is 12.4. The Morgan fingerprint density at radius 3 is 2.32 bits per heavy atom. The lowest BCUT2D eigenvalue weighted by atomic mass is 10.0. The van der Waals surface area contributed by atoms with Crippen LogP contribution in [0.1, 0.15) is 10.4 Å². The van der Waals surface area contributed by atoms with Gasteiger partial charge in [-0.05, 0) is 29.8 Å².